The van der Waals surface area contributed by atoms with Crippen LogP contribution >= 0.6 is 21.6 Å². The molecule has 0 saturated carbocycles. The van der Waals surface area contributed by atoms with Crippen LogP contribution in [0.3, 0.4) is 0 Å². The second-order valence-corrected chi connectivity index (χ2v) is 6.47. The van der Waals surface area contributed by atoms with Crippen molar-refractivity contribution in [2.45, 2.75) is 50.0 Å². The topological polar surface area (TPSA) is 52.6 Å². The van der Waals surface area contributed by atoms with Crippen LogP contribution in [0.2, 0.25) is 0 Å². The van der Waals surface area contributed by atoms with Gasteiger partial charge in [-0.25, -0.2) is 0 Å². The lowest BCUT2D eigenvalue weighted by atomic mass is 10.2. The average Bonchev–Trinajstić information content (AvgIpc) is 2.40. The molecule has 0 saturated heterocycles. The van der Waals surface area contributed by atoms with Gasteiger partial charge in [-0.05, 0) is 12.8 Å². The first kappa shape index (κ1) is 17.6. The highest BCUT2D eigenvalue weighted by Gasteiger charge is 2.25. The van der Waals surface area contributed by atoms with Crippen LogP contribution in [0.25, 0.3) is 0 Å². The molecule has 0 aromatic carbocycles. The summed E-state index contributed by atoms with van der Waals surface area (Å²) in [5, 5.41) is -0.428. The number of methoxy groups -OCH3 is 2. The van der Waals surface area contributed by atoms with E-state index in [9.17, 15) is 9.59 Å². The number of esters is 2. The van der Waals surface area contributed by atoms with Gasteiger partial charge in [0.25, 0.3) is 0 Å². The first-order chi connectivity index (χ1) is 8.60. The van der Waals surface area contributed by atoms with E-state index in [2.05, 4.69) is 0 Å². The Morgan fingerprint density at radius 3 is 1.44 bits per heavy atom. The van der Waals surface area contributed by atoms with Gasteiger partial charge in [0.15, 0.2) is 0 Å². The van der Waals surface area contributed by atoms with Gasteiger partial charge in [0.05, 0.1) is 14.2 Å². The van der Waals surface area contributed by atoms with Crippen LogP contribution in [0.4, 0.5) is 0 Å². The molecule has 2 unspecified atom stereocenters. The zero-order valence-corrected chi connectivity index (χ0v) is 13.1. The Labute approximate surface area is 117 Å². The van der Waals surface area contributed by atoms with Gasteiger partial charge in [-0.3, -0.25) is 9.59 Å². The highest BCUT2D eigenvalue weighted by atomic mass is 33.1. The Kier molecular flexibility index (Phi) is 10.3. The van der Waals surface area contributed by atoms with Gasteiger partial charge in [0, 0.05) is 0 Å². The van der Waals surface area contributed by atoms with Crippen LogP contribution in [-0.4, -0.2) is 36.7 Å². The maximum Gasteiger partial charge on any atom is 0.319 e. The Balaban J connectivity index is 4.35. The van der Waals surface area contributed by atoms with Crippen molar-refractivity contribution < 1.29 is 19.1 Å². The molecule has 0 aromatic rings. The Hall–Kier alpha value is -0.360. The third-order valence-electron chi connectivity index (χ3n) is 2.32. The van der Waals surface area contributed by atoms with Crippen molar-refractivity contribution in [2.24, 2.45) is 0 Å². The molecule has 0 radical (unpaired) electrons. The summed E-state index contributed by atoms with van der Waals surface area (Å²) in [6.07, 6.45) is 3.32. The molecule has 4 nitrogen and oxygen atoms in total. The first-order valence-electron chi connectivity index (χ1n) is 6.08. The fraction of sp³-hybridized carbons (Fsp3) is 0.833. The highest BCUT2D eigenvalue weighted by molar-refractivity contribution is 8.77. The maximum absolute atomic E-state index is 11.5. The third-order valence-corrected chi connectivity index (χ3v) is 5.48. The number of hydrogen-bond acceptors (Lipinski definition) is 6. The first-order valence-corrected chi connectivity index (χ1v) is 8.36. The fourth-order valence-corrected chi connectivity index (χ4v) is 4.47. The lowest BCUT2D eigenvalue weighted by Crippen LogP contribution is -2.21. The van der Waals surface area contributed by atoms with Crippen LogP contribution in [0.1, 0.15) is 39.5 Å². The molecular weight excluding hydrogens is 272 g/mol. The lowest BCUT2D eigenvalue weighted by Gasteiger charge is -2.16. The Bertz CT molecular complexity index is 232. The van der Waals surface area contributed by atoms with E-state index >= 15 is 0 Å². The third kappa shape index (κ3) is 6.54. The molecule has 18 heavy (non-hydrogen) atoms. The zero-order chi connectivity index (χ0) is 14.0. The molecule has 6 heteroatoms. The second-order valence-electron chi connectivity index (χ2n) is 3.79. The zero-order valence-electron chi connectivity index (χ0n) is 11.4. The number of carbonyl (C=O) groups excluding carboxylic acids is 2. The van der Waals surface area contributed by atoms with Crippen molar-refractivity contribution in [3.63, 3.8) is 0 Å². The van der Waals surface area contributed by atoms with Crippen LogP contribution in [0.5, 0.6) is 0 Å². The molecule has 0 N–H and O–H groups in total. The normalized spacial score (nSPS) is 13.8. The van der Waals surface area contributed by atoms with Gasteiger partial charge >= 0.3 is 11.9 Å². The molecule has 0 rings (SSSR count). The summed E-state index contributed by atoms with van der Waals surface area (Å²) >= 11 is 0. The molecule has 0 spiro atoms. The highest BCUT2D eigenvalue weighted by Crippen LogP contribution is 2.36. The standard InChI is InChI=1S/C12H22O4S2/c1-5-7-9(11(13)15-3)17-18-10(8-6-2)12(14)16-4/h9-10H,5-8H2,1-4H3. The molecule has 0 aliphatic rings. The molecule has 0 heterocycles. The molecule has 106 valence electrons. The number of hydrogen-bond donors (Lipinski definition) is 0. The van der Waals surface area contributed by atoms with Crippen molar-refractivity contribution in [3.8, 4) is 0 Å². The van der Waals surface area contributed by atoms with E-state index in [1.54, 1.807) is 0 Å². The maximum atomic E-state index is 11.5. The molecule has 0 aromatic heterocycles. The summed E-state index contributed by atoms with van der Waals surface area (Å²) in [5.41, 5.74) is 0. The molecule has 0 aliphatic carbocycles. The number of ether oxygens (including phenoxy) is 2. The van der Waals surface area contributed by atoms with Gasteiger partial charge in [-0.15, -0.1) is 0 Å². The smallest absolute Gasteiger partial charge is 0.319 e. The van der Waals surface area contributed by atoms with Crippen LogP contribution in [0.15, 0.2) is 0 Å². The van der Waals surface area contributed by atoms with Crippen molar-refractivity contribution in [2.75, 3.05) is 14.2 Å². The lowest BCUT2D eigenvalue weighted by molar-refractivity contribution is -0.141. The van der Waals surface area contributed by atoms with Gasteiger partial charge < -0.3 is 9.47 Å². The van der Waals surface area contributed by atoms with Gasteiger partial charge in [0.1, 0.15) is 10.5 Å². The Morgan fingerprint density at radius 1 is 0.889 bits per heavy atom. The van der Waals surface area contributed by atoms with Gasteiger partial charge in [0.2, 0.25) is 0 Å². The van der Waals surface area contributed by atoms with Crippen LogP contribution in [-0.2, 0) is 19.1 Å². The minimum atomic E-state index is -0.227. The summed E-state index contributed by atoms with van der Waals surface area (Å²) in [6, 6.07) is 0. The van der Waals surface area contributed by atoms with E-state index in [0.29, 0.717) is 0 Å². The van der Waals surface area contributed by atoms with E-state index in [-0.39, 0.29) is 22.4 Å². The Morgan fingerprint density at radius 2 is 1.22 bits per heavy atom. The molecule has 0 fully saturated rings. The minimum Gasteiger partial charge on any atom is -0.468 e. The van der Waals surface area contributed by atoms with E-state index in [4.69, 9.17) is 9.47 Å². The van der Waals surface area contributed by atoms with Crippen LogP contribution in [0, 0.1) is 0 Å². The SMILES string of the molecule is CCCC(SSC(CCC)C(=O)OC)C(=O)OC. The van der Waals surface area contributed by atoms with Crippen molar-refractivity contribution in [1.82, 2.24) is 0 Å². The minimum absolute atomic E-state index is 0.214. The molecule has 2 atom stereocenters. The van der Waals surface area contributed by atoms with E-state index in [1.807, 2.05) is 13.8 Å². The van der Waals surface area contributed by atoms with E-state index in [1.165, 1.54) is 35.8 Å². The number of carbonyl (C=O) groups is 2. The molecule has 0 aliphatic heterocycles. The summed E-state index contributed by atoms with van der Waals surface area (Å²) < 4.78 is 9.51. The predicted octanol–water partition coefficient (Wildman–Crippen LogP) is 3.05. The molecular formula is C12H22O4S2. The van der Waals surface area contributed by atoms with Crippen LogP contribution < -0.4 is 0 Å². The average molecular weight is 294 g/mol. The summed E-state index contributed by atoms with van der Waals surface area (Å²) in [7, 11) is 5.60. The molecule has 0 amide bonds. The van der Waals surface area contributed by atoms with Crippen molar-refractivity contribution in [1.29, 1.82) is 0 Å². The van der Waals surface area contributed by atoms with E-state index in [0.717, 1.165) is 25.7 Å². The quantitative estimate of drug-likeness (QED) is 0.481. The van der Waals surface area contributed by atoms with E-state index < -0.39 is 0 Å². The number of rotatable bonds is 9. The largest absolute Gasteiger partial charge is 0.468 e. The van der Waals surface area contributed by atoms with Gasteiger partial charge in [-0.2, -0.15) is 0 Å². The van der Waals surface area contributed by atoms with Gasteiger partial charge in [-0.1, -0.05) is 48.3 Å². The monoisotopic (exact) mass is 294 g/mol. The predicted molar refractivity (Wildman–Crippen MR) is 76.6 cm³/mol. The summed E-state index contributed by atoms with van der Waals surface area (Å²) in [5.74, 6) is -0.455. The summed E-state index contributed by atoms with van der Waals surface area (Å²) in [4.78, 5) is 23.1. The fourth-order valence-electron chi connectivity index (χ4n) is 1.33. The molecule has 0 bridgehead atoms. The van der Waals surface area contributed by atoms with Crippen molar-refractivity contribution in [3.05, 3.63) is 0 Å². The summed E-state index contributed by atoms with van der Waals surface area (Å²) in [6.45, 7) is 4.04. The second kappa shape index (κ2) is 10.6. The van der Waals surface area contributed by atoms with Crippen molar-refractivity contribution >= 4 is 33.5 Å².